The van der Waals surface area contributed by atoms with Crippen molar-refractivity contribution in [2.45, 2.75) is 12.5 Å². The van der Waals surface area contributed by atoms with Gasteiger partial charge in [0.25, 0.3) is 0 Å². The molecule has 3 nitrogen and oxygen atoms in total. The van der Waals surface area contributed by atoms with E-state index in [0.717, 1.165) is 6.20 Å². The first kappa shape index (κ1) is 13.4. The van der Waals surface area contributed by atoms with Crippen molar-refractivity contribution in [3.63, 3.8) is 0 Å². The average molecular weight is 264 g/mol. The molecule has 0 fully saturated rings. The van der Waals surface area contributed by atoms with Crippen LogP contribution in [0.25, 0.3) is 0 Å². The van der Waals surface area contributed by atoms with Crippen molar-refractivity contribution in [2.24, 2.45) is 5.73 Å². The number of hydrogen-bond donors (Lipinski definition) is 1. The Bertz CT molecular complexity index is 558. The first-order chi connectivity index (χ1) is 9.11. The summed E-state index contributed by atoms with van der Waals surface area (Å²) in [6.45, 7) is 0. The number of aromatic nitrogens is 1. The minimum absolute atomic E-state index is 0.178. The zero-order chi connectivity index (χ0) is 13.8. The van der Waals surface area contributed by atoms with E-state index < -0.39 is 17.7 Å². The predicted molar refractivity (Wildman–Crippen MR) is 67.8 cm³/mol. The summed E-state index contributed by atoms with van der Waals surface area (Å²) < 4.78 is 31.6. The van der Waals surface area contributed by atoms with E-state index in [1.54, 1.807) is 18.2 Å². The molecule has 0 aliphatic rings. The lowest BCUT2D eigenvalue weighted by molar-refractivity contribution is 0.383. The van der Waals surface area contributed by atoms with Crippen molar-refractivity contribution in [1.82, 2.24) is 4.98 Å². The Labute approximate surface area is 110 Å². The fourth-order valence-corrected chi connectivity index (χ4v) is 1.82. The van der Waals surface area contributed by atoms with Gasteiger partial charge in [-0.3, -0.25) is 4.98 Å². The summed E-state index contributed by atoms with van der Waals surface area (Å²) >= 11 is 0. The van der Waals surface area contributed by atoms with Crippen LogP contribution in [0.2, 0.25) is 0 Å². The fourth-order valence-electron chi connectivity index (χ4n) is 1.82. The lowest BCUT2D eigenvalue weighted by Gasteiger charge is -2.13. The van der Waals surface area contributed by atoms with Gasteiger partial charge in [-0.15, -0.1) is 0 Å². The first-order valence-electron chi connectivity index (χ1n) is 5.80. The largest absolute Gasteiger partial charge is 0.494 e. The molecule has 0 spiro atoms. The number of rotatable bonds is 4. The van der Waals surface area contributed by atoms with Crippen LogP contribution in [-0.4, -0.2) is 12.1 Å². The van der Waals surface area contributed by atoms with Crippen molar-refractivity contribution < 1.29 is 13.5 Å². The summed E-state index contributed by atoms with van der Waals surface area (Å²) in [5.74, 6) is -0.678. The SMILES string of the molecule is COc1cccc(CC(N)c2ccc(F)cn2)c1F. The van der Waals surface area contributed by atoms with Gasteiger partial charge in [-0.1, -0.05) is 12.1 Å². The van der Waals surface area contributed by atoms with Crippen LogP contribution in [0.15, 0.2) is 36.5 Å². The summed E-state index contributed by atoms with van der Waals surface area (Å²) in [4.78, 5) is 3.89. The number of pyridine rings is 1. The van der Waals surface area contributed by atoms with E-state index in [9.17, 15) is 8.78 Å². The standard InChI is InChI=1S/C14H14F2N2O/c1-19-13-4-2-3-9(14(13)16)7-11(17)12-6-5-10(15)8-18-12/h2-6,8,11H,7,17H2,1H3. The highest BCUT2D eigenvalue weighted by Crippen LogP contribution is 2.23. The lowest BCUT2D eigenvalue weighted by Crippen LogP contribution is -2.15. The molecule has 0 amide bonds. The number of methoxy groups -OCH3 is 1. The third kappa shape index (κ3) is 3.06. The molecule has 0 aliphatic heterocycles. The molecular weight excluding hydrogens is 250 g/mol. The Balaban J connectivity index is 2.19. The molecule has 2 rings (SSSR count). The molecule has 1 aromatic carbocycles. The fraction of sp³-hybridized carbons (Fsp3) is 0.214. The molecule has 0 aliphatic carbocycles. The highest BCUT2D eigenvalue weighted by Gasteiger charge is 2.14. The lowest BCUT2D eigenvalue weighted by atomic mass is 10.0. The van der Waals surface area contributed by atoms with Crippen molar-refractivity contribution in [1.29, 1.82) is 0 Å². The highest BCUT2D eigenvalue weighted by molar-refractivity contribution is 5.32. The topological polar surface area (TPSA) is 48.1 Å². The molecule has 0 saturated heterocycles. The van der Waals surface area contributed by atoms with Crippen molar-refractivity contribution in [3.8, 4) is 5.75 Å². The highest BCUT2D eigenvalue weighted by atomic mass is 19.1. The van der Waals surface area contributed by atoms with E-state index in [2.05, 4.69) is 4.98 Å². The Morgan fingerprint density at radius 3 is 2.68 bits per heavy atom. The molecular formula is C14H14F2N2O. The number of nitrogens with two attached hydrogens (primary N) is 1. The van der Waals surface area contributed by atoms with E-state index in [1.165, 1.54) is 19.2 Å². The summed E-state index contributed by atoms with van der Waals surface area (Å²) in [5, 5.41) is 0. The Morgan fingerprint density at radius 2 is 2.05 bits per heavy atom. The van der Waals surface area contributed by atoms with E-state index in [1.807, 2.05) is 0 Å². The van der Waals surface area contributed by atoms with Crippen LogP contribution in [0.4, 0.5) is 8.78 Å². The minimum atomic E-state index is -0.498. The molecule has 2 N–H and O–H groups in total. The molecule has 5 heteroatoms. The quantitative estimate of drug-likeness (QED) is 0.923. The summed E-state index contributed by atoms with van der Waals surface area (Å²) in [7, 11) is 1.41. The third-order valence-corrected chi connectivity index (χ3v) is 2.83. The molecule has 19 heavy (non-hydrogen) atoms. The van der Waals surface area contributed by atoms with Gasteiger partial charge in [0.15, 0.2) is 11.6 Å². The normalized spacial score (nSPS) is 12.2. The van der Waals surface area contributed by atoms with E-state index >= 15 is 0 Å². The number of hydrogen-bond acceptors (Lipinski definition) is 3. The minimum Gasteiger partial charge on any atom is -0.494 e. The Morgan fingerprint density at radius 1 is 1.26 bits per heavy atom. The molecule has 1 unspecified atom stereocenters. The van der Waals surface area contributed by atoms with Gasteiger partial charge in [-0.2, -0.15) is 0 Å². The van der Waals surface area contributed by atoms with Crippen molar-refractivity contribution in [2.75, 3.05) is 7.11 Å². The summed E-state index contributed by atoms with van der Waals surface area (Å²) in [6.07, 6.45) is 1.36. The Kier molecular flexibility index (Phi) is 4.06. The zero-order valence-electron chi connectivity index (χ0n) is 10.4. The van der Waals surface area contributed by atoms with Gasteiger partial charge in [0.1, 0.15) is 5.82 Å². The molecule has 1 atom stereocenters. The number of halogens is 2. The Hall–Kier alpha value is -2.01. The van der Waals surface area contributed by atoms with E-state index in [4.69, 9.17) is 10.5 Å². The number of ether oxygens (including phenoxy) is 1. The number of nitrogens with zero attached hydrogens (tertiary/aromatic N) is 1. The maximum Gasteiger partial charge on any atom is 0.168 e. The molecule has 2 aromatic rings. The molecule has 0 bridgehead atoms. The van der Waals surface area contributed by atoms with Gasteiger partial charge < -0.3 is 10.5 Å². The van der Waals surface area contributed by atoms with Crippen LogP contribution in [0.5, 0.6) is 5.75 Å². The second-order valence-corrected chi connectivity index (χ2v) is 4.15. The molecule has 100 valence electrons. The van der Waals surface area contributed by atoms with Crippen LogP contribution in [0.1, 0.15) is 17.3 Å². The first-order valence-corrected chi connectivity index (χ1v) is 5.80. The van der Waals surface area contributed by atoms with Crippen LogP contribution in [-0.2, 0) is 6.42 Å². The van der Waals surface area contributed by atoms with Crippen molar-refractivity contribution >= 4 is 0 Å². The third-order valence-electron chi connectivity index (χ3n) is 2.83. The molecule has 0 radical (unpaired) electrons. The van der Waals surface area contributed by atoms with Crippen LogP contribution in [0, 0.1) is 11.6 Å². The van der Waals surface area contributed by atoms with Gasteiger partial charge in [0, 0.05) is 0 Å². The van der Waals surface area contributed by atoms with Gasteiger partial charge in [0.05, 0.1) is 25.0 Å². The average Bonchev–Trinajstić information content (AvgIpc) is 2.42. The second kappa shape index (κ2) is 5.75. The maximum absolute atomic E-state index is 14.0. The number of benzene rings is 1. The van der Waals surface area contributed by atoms with E-state index in [-0.39, 0.29) is 12.2 Å². The summed E-state index contributed by atoms with van der Waals surface area (Å²) in [5.41, 5.74) is 6.90. The van der Waals surface area contributed by atoms with Crippen LogP contribution >= 0.6 is 0 Å². The van der Waals surface area contributed by atoms with Crippen LogP contribution in [0.3, 0.4) is 0 Å². The predicted octanol–water partition coefficient (Wildman–Crippen LogP) is 2.61. The molecule has 1 heterocycles. The maximum atomic E-state index is 14.0. The molecule has 1 aromatic heterocycles. The second-order valence-electron chi connectivity index (χ2n) is 4.15. The van der Waals surface area contributed by atoms with E-state index in [0.29, 0.717) is 11.3 Å². The zero-order valence-corrected chi connectivity index (χ0v) is 10.4. The van der Waals surface area contributed by atoms with Gasteiger partial charge >= 0.3 is 0 Å². The smallest absolute Gasteiger partial charge is 0.168 e. The monoisotopic (exact) mass is 264 g/mol. The van der Waals surface area contributed by atoms with Crippen molar-refractivity contribution in [3.05, 3.63) is 59.4 Å². The molecule has 0 saturated carbocycles. The summed E-state index contributed by atoms with van der Waals surface area (Å²) in [6, 6.07) is 7.16. The van der Waals surface area contributed by atoms with Crippen LogP contribution < -0.4 is 10.5 Å². The van der Waals surface area contributed by atoms with Gasteiger partial charge in [-0.05, 0) is 30.2 Å². The van der Waals surface area contributed by atoms with Gasteiger partial charge in [0.2, 0.25) is 0 Å². The van der Waals surface area contributed by atoms with Gasteiger partial charge in [-0.25, -0.2) is 8.78 Å².